The largest absolute Gasteiger partial charge is 0.489 e. The van der Waals surface area contributed by atoms with Gasteiger partial charge >= 0.3 is 5.97 Å². The Bertz CT molecular complexity index is 858. The van der Waals surface area contributed by atoms with E-state index >= 15 is 0 Å². The molecule has 0 aliphatic heterocycles. The average molecular weight is 317 g/mol. The molecule has 0 fully saturated rings. The minimum Gasteiger partial charge on any atom is -0.489 e. The van der Waals surface area contributed by atoms with Gasteiger partial charge in [-0.3, -0.25) is 0 Å². The number of aromatic carboxylic acids is 1. The molecule has 3 aromatic rings. The van der Waals surface area contributed by atoms with Crippen LogP contribution in [0.5, 0.6) is 5.75 Å². The lowest BCUT2D eigenvalue weighted by molar-refractivity contribution is 0.0698. The highest BCUT2D eigenvalue weighted by molar-refractivity contribution is 6.31. The topological polar surface area (TPSA) is 63.8 Å². The minimum atomic E-state index is -1.00. The Morgan fingerprint density at radius 3 is 2.86 bits per heavy atom. The molecule has 0 saturated carbocycles. The molecule has 2 heterocycles. The number of aryl methyl sites for hydroxylation is 1. The number of fused-ring (bicyclic) bond motifs is 1. The van der Waals surface area contributed by atoms with Gasteiger partial charge in [-0.05, 0) is 19.1 Å². The normalized spacial score (nSPS) is 10.8. The third-order valence-corrected chi connectivity index (χ3v) is 3.72. The Morgan fingerprint density at radius 1 is 1.36 bits per heavy atom. The van der Waals surface area contributed by atoms with Crippen molar-refractivity contribution in [3.8, 4) is 5.75 Å². The number of ether oxygens (including phenoxy) is 1. The first kappa shape index (κ1) is 14.4. The number of pyridine rings is 1. The van der Waals surface area contributed by atoms with E-state index in [4.69, 9.17) is 16.3 Å². The molecule has 0 atom stereocenters. The van der Waals surface area contributed by atoms with Crippen molar-refractivity contribution in [1.82, 2.24) is 9.61 Å². The number of hydrogen-bond donors (Lipinski definition) is 1. The van der Waals surface area contributed by atoms with Crippen LogP contribution in [0.15, 0.2) is 42.6 Å². The molecule has 0 bridgehead atoms. The highest BCUT2D eigenvalue weighted by atomic mass is 35.5. The zero-order valence-corrected chi connectivity index (χ0v) is 12.5. The molecule has 0 spiro atoms. The van der Waals surface area contributed by atoms with E-state index in [0.717, 1.165) is 5.56 Å². The number of nitrogens with zero attached hydrogens (tertiary/aromatic N) is 2. The van der Waals surface area contributed by atoms with Gasteiger partial charge < -0.3 is 9.84 Å². The highest BCUT2D eigenvalue weighted by Crippen LogP contribution is 2.22. The molecule has 0 radical (unpaired) electrons. The number of carboxylic acids is 1. The standard InChI is InChI=1S/C16H13ClN2O3/c1-10-15(16(20)21)14-8-12(6-7-19(14)18-10)22-9-11-4-2-3-5-13(11)17/h2-8H,9H2,1H3,(H,20,21). The number of halogens is 1. The molecule has 1 N–H and O–H groups in total. The first-order chi connectivity index (χ1) is 10.6. The maximum atomic E-state index is 11.3. The summed E-state index contributed by atoms with van der Waals surface area (Å²) in [5.41, 5.74) is 2.02. The van der Waals surface area contributed by atoms with Gasteiger partial charge in [0.05, 0.1) is 11.2 Å². The maximum Gasteiger partial charge on any atom is 0.339 e. The molecule has 22 heavy (non-hydrogen) atoms. The first-order valence-corrected chi connectivity index (χ1v) is 7.02. The van der Waals surface area contributed by atoms with Crippen LogP contribution in [-0.4, -0.2) is 20.7 Å². The molecule has 112 valence electrons. The summed E-state index contributed by atoms with van der Waals surface area (Å²) < 4.78 is 7.24. The second-order valence-corrected chi connectivity index (χ2v) is 5.25. The van der Waals surface area contributed by atoms with Crippen molar-refractivity contribution < 1.29 is 14.6 Å². The predicted octanol–water partition coefficient (Wildman–Crippen LogP) is 3.57. The lowest BCUT2D eigenvalue weighted by atomic mass is 10.2. The third kappa shape index (κ3) is 2.63. The van der Waals surface area contributed by atoms with Crippen molar-refractivity contribution in [1.29, 1.82) is 0 Å². The quantitative estimate of drug-likeness (QED) is 0.799. The van der Waals surface area contributed by atoms with Crippen molar-refractivity contribution in [2.75, 3.05) is 0 Å². The SMILES string of the molecule is Cc1nn2ccc(OCc3ccccc3Cl)cc2c1C(=O)O. The van der Waals surface area contributed by atoms with Gasteiger partial charge in [0.25, 0.3) is 0 Å². The van der Waals surface area contributed by atoms with Gasteiger partial charge in [0, 0.05) is 22.8 Å². The van der Waals surface area contributed by atoms with Crippen molar-refractivity contribution in [2.24, 2.45) is 0 Å². The zero-order chi connectivity index (χ0) is 15.7. The second kappa shape index (κ2) is 5.69. The summed E-state index contributed by atoms with van der Waals surface area (Å²) in [6, 6.07) is 10.8. The molecule has 0 amide bonds. The van der Waals surface area contributed by atoms with E-state index in [-0.39, 0.29) is 5.56 Å². The van der Waals surface area contributed by atoms with Gasteiger partial charge in [-0.15, -0.1) is 0 Å². The summed E-state index contributed by atoms with van der Waals surface area (Å²) in [4.78, 5) is 11.3. The van der Waals surface area contributed by atoms with Gasteiger partial charge in [0.2, 0.25) is 0 Å². The van der Waals surface area contributed by atoms with E-state index in [9.17, 15) is 9.90 Å². The summed E-state index contributed by atoms with van der Waals surface area (Å²) in [6.07, 6.45) is 1.68. The van der Waals surface area contributed by atoms with Crippen LogP contribution >= 0.6 is 11.6 Å². The minimum absolute atomic E-state index is 0.184. The number of carboxylic acid groups (broad SMARTS) is 1. The number of aromatic nitrogens is 2. The van der Waals surface area contributed by atoms with E-state index < -0.39 is 5.97 Å². The van der Waals surface area contributed by atoms with Crippen LogP contribution in [-0.2, 0) is 6.61 Å². The summed E-state index contributed by atoms with van der Waals surface area (Å²) in [7, 11) is 0. The molecule has 2 aromatic heterocycles. The van der Waals surface area contributed by atoms with Crippen LogP contribution in [0.25, 0.3) is 5.52 Å². The Morgan fingerprint density at radius 2 is 2.14 bits per heavy atom. The van der Waals surface area contributed by atoms with E-state index in [0.29, 0.717) is 28.6 Å². The van der Waals surface area contributed by atoms with Crippen LogP contribution in [0, 0.1) is 6.92 Å². The van der Waals surface area contributed by atoms with E-state index in [1.165, 1.54) is 4.52 Å². The van der Waals surface area contributed by atoms with Crippen molar-refractivity contribution in [2.45, 2.75) is 13.5 Å². The van der Waals surface area contributed by atoms with Crippen molar-refractivity contribution in [3.63, 3.8) is 0 Å². The second-order valence-electron chi connectivity index (χ2n) is 4.84. The summed E-state index contributed by atoms with van der Waals surface area (Å²) in [5.74, 6) is -0.439. The van der Waals surface area contributed by atoms with Crippen LogP contribution < -0.4 is 4.74 Å². The fourth-order valence-electron chi connectivity index (χ4n) is 2.27. The molecule has 3 rings (SSSR count). The van der Waals surface area contributed by atoms with Crippen LogP contribution in [0.3, 0.4) is 0 Å². The van der Waals surface area contributed by atoms with Crippen molar-refractivity contribution in [3.05, 3.63) is 64.4 Å². The first-order valence-electron chi connectivity index (χ1n) is 6.65. The molecule has 1 aromatic carbocycles. The summed E-state index contributed by atoms with van der Waals surface area (Å²) >= 11 is 6.08. The number of rotatable bonds is 4. The van der Waals surface area contributed by atoms with Crippen LogP contribution in [0.2, 0.25) is 5.02 Å². The molecule has 5 nitrogen and oxygen atoms in total. The monoisotopic (exact) mass is 316 g/mol. The van der Waals surface area contributed by atoms with E-state index in [2.05, 4.69) is 5.10 Å². The summed E-state index contributed by atoms with van der Waals surface area (Å²) in [5, 5.41) is 14.1. The zero-order valence-electron chi connectivity index (χ0n) is 11.8. The Labute approximate surface area is 131 Å². The van der Waals surface area contributed by atoms with Crippen LogP contribution in [0.4, 0.5) is 0 Å². The van der Waals surface area contributed by atoms with Gasteiger partial charge in [-0.2, -0.15) is 5.10 Å². The van der Waals surface area contributed by atoms with E-state index in [1.54, 1.807) is 31.3 Å². The third-order valence-electron chi connectivity index (χ3n) is 3.35. The fourth-order valence-corrected chi connectivity index (χ4v) is 2.47. The maximum absolute atomic E-state index is 11.3. The molecule has 0 saturated heterocycles. The molecule has 0 aliphatic carbocycles. The van der Waals surface area contributed by atoms with Crippen LogP contribution in [0.1, 0.15) is 21.6 Å². The number of benzene rings is 1. The predicted molar refractivity (Wildman–Crippen MR) is 82.7 cm³/mol. The molecule has 0 aliphatic rings. The number of carbonyl (C=O) groups is 1. The highest BCUT2D eigenvalue weighted by Gasteiger charge is 2.16. The Hall–Kier alpha value is -2.53. The average Bonchev–Trinajstić information content (AvgIpc) is 2.81. The Kier molecular flexibility index (Phi) is 3.73. The van der Waals surface area contributed by atoms with E-state index in [1.807, 2.05) is 18.2 Å². The van der Waals surface area contributed by atoms with Crippen molar-refractivity contribution >= 4 is 23.1 Å². The molecular formula is C16H13ClN2O3. The van der Waals surface area contributed by atoms with Gasteiger partial charge in [0.15, 0.2) is 0 Å². The van der Waals surface area contributed by atoms with Gasteiger partial charge in [-0.1, -0.05) is 29.8 Å². The fraction of sp³-hybridized carbons (Fsp3) is 0.125. The molecule has 6 heteroatoms. The summed E-state index contributed by atoms with van der Waals surface area (Å²) in [6.45, 7) is 1.98. The molecule has 0 unspecified atom stereocenters. The lowest BCUT2D eigenvalue weighted by Gasteiger charge is -2.08. The lowest BCUT2D eigenvalue weighted by Crippen LogP contribution is -1.99. The van der Waals surface area contributed by atoms with Gasteiger partial charge in [-0.25, -0.2) is 9.31 Å². The van der Waals surface area contributed by atoms with Gasteiger partial charge in [0.1, 0.15) is 17.9 Å². The molecular weight excluding hydrogens is 304 g/mol. The Balaban J connectivity index is 1.90. The number of hydrogen-bond acceptors (Lipinski definition) is 3. The smallest absolute Gasteiger partial charge is 0.339 e.